The van der Waals surface area contributed by atoms with E-state index in [0.717, 1.165) is 37.9 Å². The second-order valence-electron chi connectivity index (χ2n) is 7.87. The molecule has 0 saturated carbocycles. The highest BCUT2D eigenvalue weighted by molar-refractivity contribution is 5.86. The maximum atomic E-state index is 13.1. The second-order valence-corrected chi connectivity index (χ2v) is 7.87. The van der Waals surface area contributed by atoms with Gasteiger partial charge in [0.1, 0.15) is 5.82 Å². The van der Waals surface area contributed by atoms with Crippen LogP contribution in [0, 0.1) is 5.82 Å². The van der Waals surface area contributed by atoms with Gasteiger partial charge in [0, 0.05) is 45.6 Å². The number of carbonyl (C=O) groups excluding carboxylic acids is 1. The number of amides is 1. The molecular formula is C20H27FN2O4. The molecule has 3 aliphatic rings. The highest BCUT2D eigenvalue weighted by atomic mass is 19.1. The summed E-state index contributed by atoms with van der Waals surface area (Å²) in [5, 5.41) is 11.1. The Hall–Kier alpha value is -1.54. The lowest BCUT2D eigenvalue weighted by atomic mass is 9.89. The minimum absolute atomic E-state index is 0.230. The molecule has 0 aliphatic carbocycles. The van der Waals surface area contributed by atoms with E-state index in [4.69, 9.17) is 9.47 Å². The number of carbonyl (C=O) groups is 1. The standard InChI is InChI=1S/C20H27FN2O4/c21-17-4-2-16(3-5-17)14-23-9-1-6-19(25,18(23)24)15-22-10-7-20(8-11-22)26-12-13-27-20/h2-5,25H,1,6-15H2. The van der Waals surface area contributed by atoms with Crippen LogP contribution in [0.2, 0.25) is 0 Å². The van der Waals surface area contributed by atoms with Crippen LogP contribution in [0.5, 0.6) is 0 Å². The largest absolute Gasteiger partial charge is 0.379 e. The SMILES string of the molecule is O=C1N(Cc2ccc(F)cc2)CCCC1(O)CN1CCC2(CC1)OCCO2. The van der Waals surface area contributed by atoms with E-state index < -0.39 is 11.4 Å². The average Bonchev–Trinajstić information content (AvgIpc) is 3.11. The molecule has 1 unspecified atom stereocenters. The van der Waals surface area contributed by atoms with Crippen molar-refractivity contribution in [3.63, 3.8) is 0 Å². The fraction of sp³-hybridized carbons (Fsp3) is 0.650. The Labute approximate surface area is 158 Å². The summed E-state index contributed by atoms with van der Waals surface area (Å²) in [5.41, 5.74) is -0.496. The third-order valence-corrected chi connectivity index (χ3v) is 5.91. The first-order chi connectivity index (χ1) is 13.0. The van der Waals surface area contributed by atoms with Crippen LogP contribution in [0.25, 0.3) is 0 Å². The van der Waals surface area contributed by atoms with Gasteiger partial charge in [-0.05, 0) is 30.5 Å². The maximum Gasteiger partial charge on any atom is 0.256 e. The summed E-state index contributed by atoms with van der Waals surface area (Å²) in [5.74, 6) is -0.977. The quantitative estimate of drug-likeness (QED) is 0.861. The minimum Gasteiger partial charge on any atom is -0.379 e. The number of likely N-dealkylation sites (tertiary alicyclic amines) is 2. The van der Waals surface area contributed by atoms with Crippen molar-refractivity contribution in [3.8, 4) is 0 Å². The van der Waals surface area contributed by atoms with Crippen LogP contribution in [0.3, 0.4) is 0 Å². The minimum atomic E-state index is -1.36. The fourth-order valence-corrected chi connectivity index (χ4v) is 4.38. The molecule has 6 nitrogen and oxygen atoms in total. The summed E-state index contributed by atoms with van der Waals surface area (Å²) in [7, 11) is 0. The molecule has 1 aromatic rings. The highest BCUT2D eigenvalue weighted by Gasteiger charge is 2.46. The summed E-state index contributed by atoms with van der Waals surface area (Å²) in [4.78, 5) is 16.8. The summed E-state index contributed by atoms with van der Waals surface area (Å²) in [6.07, 6.45) is 2.75. The van der Waals surface area contributed by atoms with Crippen LogP contribution in [-0.2, 0) is 20.8 Å². The van der Waals surface area contributed by atoms with E-state index in [1.54, 1.807) is 17.0 Å². The predicted octanol–water partition coefficient (Wildman–Crippen LogP) is 1.52. The van der Waals surface area contributed by atoms with Gasteiger partial charge in [0.05, 0.1) is 13.2 Å². The number of β-amino-alcohol motifs (C(OH)–C–C–N with tert-alkyl or cyclic N) is 1. The molecule has 3 aliphatic heterocycles. The first-order valence-corrected chi connectivity index (χ1v) is 9.75. The van der Waals surface area contributed by atoms with E-state index in [1.165, 1.54) is 12.1 Å². The fourth-order valence-electron chi connectivity index (χ4n) is 4.38. The van der Waals surface area contributed by atoms with Crippen LogP contribution >= 0.6 is 0 Å². The Morgan fingerprint density at radius 2 is 1.70 bits per heavy atom. The summed E-state index contributed by atoms with van der Waals surface area (Å²) in [6.45, 7) is 4.11. The van der Waals surface area contributed by atoms with E-state index in [0.29, 0.717) is 39.3 Å². The van der Waals surface area contributed by atoms with Gasteiger partial charge in [0.2, 0.25) is 0 Å². The first-order valence-electron chi connectivity index (χ1n) is 9.75. The van der Waals surface area contributed by atoms with E-state index in [1.807, 2.05) is 0 Å². The van der Waals surface area contributed by atoms with Crippen molar-refractivity contribution in [1.82, 2.24) is 9.80 Å². The first kappa shape index (κ1) is 18.8. The Kier molecular flexibility index (Phi) is 5.20. The molecule has 0 radical (unpaired) electrons. The Balaban J connectivity index is 1.36. The van der Waals surface area contributed by atoms with Crippen molar-refractivity contribution in [2.45, 2.75) is 43.6 Å². The van der Waals surface area contributed by atoms with Gasteiger partial charge in [-0.1, -0.05) is 12.1 Å². The van der Waals surface area contributed by atoms with Crippen LogP contribution < -0.4 is 0 Å². The lowest BCUT2D eigenvalue weighted by molar-refractivity contribution is -0.190. The molecule has 1 spiro atoms. The monoisotopic (exact) mass is 378 g/mol. The van der Waals surface area contributed by atoms with Crippen molar-refractivity contribution < 1.29 is 23.8 Å². The molecule has 148 valence electrons. The molecule has 4 rings (SSSR count). The maximum absolute atomic E-state index is 13.1. The third kappa shape index (κ3) is 4.01. The summed E-state index contributed by atoms with van der Waals surface area (Å²) in [6, 6.07) is 6.16. The zero-order valence-electron chi connectivity index (χ0n) is 15.5. The molecule has 1 atom stereocenters. The number of aliphatic hydroxyl groups is 1. The molecule has 0 bridgehead atoms. The van der Waals surface area contributed by atoms with Gasteiger partial charge in [0.15, 0.2) is 11.4 Å². The smallest absolute Gasteiger partial charge is 0.256 e. The van der Waals surface area contributed by atoms with Crippen LogP contribution in [0.4, 0.5) is 4.39 Å². The number of ether oxygens (including phenoxy) is 2. The van der Waals surface area contributed by atoms with Crippen molar-refractivity contribution in [2.75, 3.05) is 39.4 Å². The lowest BCUT2D eigenvalue weighted by Crippen LogP contribution is -2.59. The number of hydrogen-bond acceptors (Lipinski definition) is 5. The molecule has 3 heterocycles. The number of nitrogens with zero attached hydrogens (tertiary/aromatic N) is 2. The Morgan fingerprint density at radius 1 is 1.04 bits per heavy atom. The number of rotatable bonds is 4. The van der Waals surface area contributed by atoms with Crippen molar-refractivity contribution in [2.24, 2.45) is 0 Å². The van der Waals surface area contributed by atoms with Gasteiger partial charge >= 0.3 is 0 Å². The van der Waals surface area contributed by atoms with Gasteiger partial charge in [-0.15, -0.1) is 0 Å². The molecule has 0 aromatic heterocycles. The second kappa shape index (κ2) is 7.47. The van der Waals surface area contributed by atoms with E-state index >= 15 is 0 Å². The van der Waals surface area contributed by atoms with Gasteiger partial charge in [-0.25, -0.2) is 4.39 Å². The van der Waals surface area contributed by atoms with Crippen LogP contribution in [0.1, 0.15) is 31.2 Å². The number of benzene rings is 1. The topological polar surface area (TPSA) is 62.2 Å². The molecule has 3 saturated heterocycles. The van der Waals surface area contributed by atoms with E-state index in [2.05, 4.69) is 4.90 Å². The van der Waals surface area contributed by atoms with Gasteiger partial charge < -0.3 is 19.5 Å². The number of halogens is 1. The third-order valence-electron chi connectivity index (χ3n) is 5.91. The molecule has 7 heteroatoms. The molecule has 1 amide bonds. The molecule has 3 fully saturated rings. The normalized spacial score (nSPS) is 28.8. The zero-order chi connectivity index (χ0) is 18.9. The number of piperidine rings is 2. The predicted molar refractivity (Wildman–Crippen MR) is 96.3 cm³/mol. The van der Waals surface area contributed by atoms with Crippen molar-refractivity contribution in [3.05, 3.63) is 35.6 Å². The van der Waals surface area contributed by atoms with Crippen LogP contribution in [-0.4, -0.2) is 71.6 Å². The van der Waals surface area contributed by atoms with Gasteiger partial charge in [-0.3, -0.25) is 9.69 Å². The number of hydrogen-bond donors (Lipinski definition) is 1. The zero-order valence-corrected chi connectivity index (χ0v) is 15.5. The summed E-state index contributed by atoms with van der Waals surface area (Å²) < 4.78 is 24.6. The average molecular weight is 378 g/mol. The van der Waals surface area contributed by atoms with Crippen LogP contribution in [0.15, 0.2) is 24.3 Å². The molecule has 1 aromatic carbocycles. The summed E-state index contributed by atoms with van der Waals surface area (Å²) >= 11 is 0. The Bertz CT molecular complexity index is 667. The van der Waals surface area contributed by atoms with Gasteiger partial charge in [-0.2, -0.15) is 0 Å². The molecule has 1 N–H and O–H groups in total. The molecular weight excluding hydrogens is 351 g/mol. The van der Waals surface area contributed by atoms with Gasteiger partial charge in [0.25, 0.3) is 5.91 Å². The Morgan fingerprint density at radius 3 is 2.37 bits per heavy atom. The van der Waals surface area contributed by atoms with E-state index in [-0.39, 0.29) is 11.7 Å². The molecule has 27 heavy (non-hydrogen) atoms. The lowest BCUT2D eigenvalue weighted by Gasteiger charge is -2.43. The highest BCUT2D eigenvalue weighted by Crippen LogP contribution is 2.33. The van der Waals surface area contributed by atoms with Crippen molar-refractivity contribution in [1.29, 1.82) is 0 Å². The van der Waals surface area contributed by atoms with Crippen molar-refractivity contribution >= 4 is 5.91 Å². The van der Waals surface area contributed by atoms with E-state index in [9.17, 15) is 14.3 Å².